The van der Waals surface area contributed by atoms with Gasteiger partial charge in [-0.2, -0.15) is 0 Å². The van der Waals surface area contributed by atoms with Crippen LogP contribution in [0.3, 0.4) is 0 Å². The van der Waals surface area contributed by atoms with Gasteiger partial charge in [0.15, 0.2) is 0 Å². The van der Waals surface area contributed by atoms with Crippen molar-refractivity contribution in [1.82, 2.24) is 4.90 Å². The summed E-state index contributed by atoms with van der Waals surface area (Å²) in [5.41, 5.74) is 0.963. The second-order valence-electron chi connectivity index (χ2n) is 4.65. The first-order valence-electron chi connectivity index (χ1n) is 6.31. The van der Waals surface area contributed by atoms with E-state index < -0.39 is 0 Å². The van der Waals surface area contributed by atoms with Crippen LogP contribution in [0.25, 0.3) is 0 Å². The van der Waals surface area contributed by atoms with Crippen LogP contribution in [0, 0.1) is 5.92 Å². The Bertz CT molecular complexity index is 383. The van der Waals surface area contributed by atoms with Crippen LogP contribution in [0.2, 0.25) is 0 Å². The van der Waals surface area contributed by atoms with Crippen LogP contribution in [0.1, 0.15) is 18.4 Å². The van der Waals surface area contributed by atoms with Crippen LogP contribution < -0.4 is 0 Å². The number of alkyl halides is 1. The van der Waals surface area contributed by atoms with Gasteiger partial charge in [0.1, 0.15) is 6.61 Å². The van der Waals surface area contributed by atoms with Gasteiger partial charge in [-0.1, -0.05) is 30.3 Å². The third kappa shape index (κ3) is 3.45. The van der Waals surface area contributed by atoms with E-state index in [2.05, 4.69) is 0 Å². The van der Waals surface area contributed by atoms with Crippen LogP contribution in [0.4, 0.5) is 9.18 Å². The molecule has 1 aliphatic heterocycles. The van der Waals surface area contributed by atoms with Crippen LogP contribution >= 0.6 is 0 Å². The highest BCUT2D eigenvalue weighted by Gasteiger charge is 2.24. The van der Waals surface area contributed by atoms with Gasteiger partial charge >= 0.3 is 6.09 Å². The summed E-state index contributed by atoms with van der Waals surface area (Å²) in [7, 11) is 0. The Balaban J connectivity index is 1.81. The van der Waals surface area contributed by atoms with E-state index in [0.29, 0.717) is 13.1 Å². The van der Waals surface area contributed by atoms with Crippen molar-refractivity contribution in [2.24, 2.45) is 5.92 Å². The molecule has 3 nitrogen and oxygen atoms in total. The zero-order valence-corrected chi connectivity index (χ0v) is 10.3. The van der Waals surface area contributed by atoms with E-state index in [0.717, 1.165) is 18.4 Å². The number of carbonyl (C=O) groups is 1. The molecule has 0 saturated carbocycles. The Kier molecular flexibility index (Phi) is 4.56. The molecule has 0 bridgehead atoms. The van der Waals surface area contributed by atoms with Crippen LogP contribution in [-0.4, -0.2) is 30.8 Å². The normalized spacial score (nSPS) is 19.6. The standard InChI is InChI=1S/C14H18FNO2/c15-9-13-7-4-8-16(10-13)14(17)18-11-12-5-2-1-3-6-12/h1-3,5-6,13H,4,7-11H2. The summed E-state index contributed by atoms with van der Waals surface area (Å²) in [5.74, 6) is -0.0250. The number of benzene rings is 1. The lowest BCUT2D eigenvalue weighted by atomic mass is 10.0. The van der Waals surface area contributed by atoms with E-state index in [1.807, 2.05) is 30.3 Å². The zero-order valence-electron chi connectivity index (χ0n) is 10.3. The Hall–Kier alpha value is -1.58. The van der Waals surface area contributed by atoms with E-state index >= 15 is 0 Å². The predicted octanol–water partition coefficient (Wildman–Crippen LogP) is 3.00. The summed E-state index contributed by atoms with van der Waals surface area (Å²) >= 11 is 0. The second kappa shape index (κ2) is 6.38. The third-order valence-electron chi connectivity index (χ3n) is 3.20. The van der Waals surface area contributed by atoms with Crippen molar-refractivity contribution >= 4 is 6.09 Å². The lowest BCUT2D eigenvalue weighted by Gasteiger charge is -2.30. The van der Waals surface area contributed by atoms with Gasteiger partial charge in [0.05, 0.1) is 6.67 Å². The highest BCUT2D eigenvalue weighted by atomic mass is 19.1. The Morgan fingerprint density at radius 2 is 2.17 bits per heavy atom. The Labute approximate surface area is 107 Å². The summed E-state index contributed by atoms with van der Waals surface area (Å²) in [6, 6.07) is 9.55. The van der Waals surface area contributed by atoms with Gasteiger partial charge in [0.2, 0.25) is 0 Å². The molecule has 0 aliphatic carbocycles. The third-order valence-corrected chi connectivity index (χ3v) is 3.20. The fraction of sp³-hybridized carbons (Fsp3) is 0.500. The number of piperidine rings is 1. The number of amides is 1. The van der Waals surface area contributed by atoms with Gasteiger partial charge in [0.25, 0.3) is 0 Å². The highest BCUT2D eigenvalue weighted by molar-refractivity contribution is 5.67. The number of ether oxygens (including phenoxy) is 1. The first-order chi connectivity index (χ1) is 8.79. The first kappa shape index (κ1) is 12.9. The maximum absolute atomic E-state index is 12.6. The molecule has 4 heteroatoms. The maximum atomic E-state index is 12.6. The molecule has 2 rings (SSSR count). The first-order valence-corrected chi connectivity index (χ1v) is 6.31. The number of halogens is 1. The second-order valence-corrected chi connectivity index (χ2v) is 4.65. The molecule has 1 aromatic rings. The minimum atomic E-state index is -0.359. The Morgan fingerprint density at radius 3 is 2.89 bits per heavy atom. The largest absolute Gasteiger partial charge is 0.445 e. The zero-order chi connectivity index (χ0) is 12.8. The fourth-order valence-corrected chi connectivity index (χ4v) is 2.17. The lowest BCUT2D eigenvalue weighted by Crippen LogP contribution is -2.40. The van der Waals surface area contributed by atoms with Crippen LogP contribution in [0.15, 0.2) is 30.3 Å². The molecule has 1 saturated heterocycles. The Morgan fingerprint density at radius 1 is 1.39 bits per heavy atom. The minimum Gasteiger partial charge on any atom is -0.445 e. The van der Waals surface area contributed by atoms with Crippen molar-refractivity contribution < 1.29 is 13.9 Å². The van der Waals surface area contributed by atoms with E-state index in [1.165, 1.54) is 0 Å². The SMILES string of the molecule is O=C(OCc1ccccc1)N1CCCC(CF)C1. The van der Waals surface area contributed by atoms with Gasteiger partial charge in [-0.05, 0) is 18.4 Å². The topological polar surface area (TPSA) is 29.5 Å². The monoisotopic (exact) mass is 251 g/mol. The van der Waals surface area contributed by atoms with Crippen LogP contribution in [0.5, 0.6) is 0 Å². The summed E-state index contributed by atoms with van der Waals surface area (Å²) < 4.78 is 17.8. The van der Waals surface area contributed by atoms with Crippen molar-refractivity contribution in [3.05, 3.63) is 35.9 Å². The van der Waals surface area contributed by atoms with Gasteiger partial charge in [-0.15, -0.1) is 0 Å². The summed E-state index contributed by atoms with van der Waals surface area (Å²) in [4.78, 5) is 13.4. The fourth-order valence-electron chi connectivity index (χ4n) is 2.17. The lowest BCUT2D eigenvalue weighted by molar-refractivity contribution is 0.0756. The molecule has 1 aliphatic rings. The molecule has 1 unspecified atom stereocenters. The molecule has 98 valence electrons. The highest BCUT2D eigenvalue weighted by Crippen LogP contribution is 2.17. The van der Waals surface area contributed by atoms with Crippen molar-refractivity contribution in [1.29, 1.82) is 0 Å². The van der Waals surface area contributed by atoms with E-state index in [9.17, 15) is 9.18 Å². The molecule has 1 atom stereocenters. The summed E-state index contributed by atoms with van der Waals surface area (Å²) in [6.07, 6.45) is 1.38. The van der Waals surface area contributed by atoms with Crippen molar-refractivity contribution in [2.75, 3.05) is 19.8 Å². The maximum Gasteiger partial charge on any atom is 0.410 e. The molecule has 0 N–H and O–H groups in total. The van der Waals surface area contributed by atoms with Gasteiger partial charge in [-0.25, -0.2) is 4.79 Å². The van der Waals surface area contributed by atoms with Crippen molar-refractivity contribution in [3.8, 4) is 0 Å². The molecule has 18 heavy (non-hydrogen) atoms. The number of hydrogen-bond donors (Lipinski definition) is 0. The average molecular weight is 251 g/mol. The number of nitrogens with zero attached hydrogens (tertiary/aromatic N) is 1. The van der Waals surface area contributed by atoms with E-state index in [-0.39, 0.29) is 25.3 Å². The number of rotatable bonds is 3. The molecule has 0 spiro atoms. The van der Waals surface area contributed by atoms with Gasteiger partial charge in [0, 0.05) is 19.0 Å². The predicted molar refractivity (Wildman–Crippen MR) is 66.9 cm³/mol. The molecule has 1 heterocycles. The molecule has 0 aromatic heterocycles. The average Bonchev–Trinajstić information content (AvgIpc) is 2.46. The number of carbonyl (C=O) groups excluding carboxylic acids is 1. The van der Waals surface area contributed by atoms with Crippen molar-refractivity contribution in [3.63, 3.8) is 0 Å². The van der Waals surface area contributed by atoms with Crippen molar-refractivity contribution in [2.45, 2.75) is 19.4 Å². The molecule has 0 radical (unpaired) electrons. The number of likely N-dealkylation sites (tertiary alicyclic amines) is 1. The molecule has 1 amide bonds. The molecular weight excluding hydrogens is 233 g/mol. The smallest absolute Gasteiger partial charge is 0.410 e. The number of hydrogen-bond acceptors (Lipinski definition) is 2. The molecular formula is C14H18FNO2. The van der Waals surface area contributed by atoms with Gasteiger partial charge < -0.3 is 9.64 Å². The van der Waals surface area contributed by atoms with Crippen LogP contribution in [-0.2, 0) is 11.3 Å². The van der Waals surface area contributed by atoms with Gasteiger partial charge in [-0.3, -0.25) is 4.39 Å². The summed E-state index contributed by atoms with van der Waals surface area (Å²) in [6.45, 7) is 1.06. The van der Waals surface area contributed by atoms with E-state index in [4.69, 9.17) is 4.74 Å². The molecule has 1 aromatic carbocycles. The quantitative estimate of drug-likeness (QED) is 0.826. The minimum absolute atomic E-state index is 0.0250. The van der Waals surface area contributed by atoms with E-state index in [1.54, 1.807) is 4.90 Å². The molecule has 1 fully saturated rings. The summed E-state index contributed by atoms with van der Waals surface area (Å²) in [5, 5.41) is 0.